The molecule has 0 aromatic heterocycles. The van der Waals surface area contributed by atoms with Crippen LogP contribution in [-0.4, -0.2) is 142 Å². The second-order valence-electron chi connectivity index (χ2n) is 5.13. The summed E-state index contributed by atoms with van der Waals surface area (Å²) in [5, 5.41) is 32.3. The Labute approximate surface area is 234 Å². The average Bonchev–Trinajstić information content (AvgIpc) is 2.61. The third-order valence-corrected chi connectivity index (χ3v) is 3.71. The number of aliphatic carboxylic acids is 1. The first-order chi connectivity index (χ1) is 10.9. The van der Waals surface area contributed by atoms with E-state index in [0.717, 1.165) is 0 Å². The number of benzodiazepines with no additional fused rings is 1. The maximum atomic E-state index is 11.4. The van der Waals surface area contributed by atoms with Crippen molar-refractivity contribution in [1.29, 1.82) is 0 Å². The number of nitrogens with zero attached hydrogens (tertiary/aromatic N) is 1. The summed E-state index contributed by atoms with van der Waals surface area (Å²) >= 11 is 6.03. The van der Waals surface area contributed by atoms with Crippen LogP contribution in [0.5, 0.6) is 0 Å². The molecule has 1 unspecified atom stereocenters. The Kier molecular flexibility index (Phi) is 9.44. The van der Waals surface area contributed by atoms with E-state index in [-0.39, 0.29) is 103 Å². The Morgan fingerprint density at radius 1 is 1.12 bits per heavy atom. The first-order valence-electron chi connectivity index (χ1n) is 6.77. The van der Waals surface area contributed by atoms with Crippen molar-refractivity contribution < 1.29 is 20.1 Å². The van der Waals surface area contributed by atoms with E-state index >= 15 is 0 Å². The molecule has 0 amide bonds. The van der Waals surface area contributed by atoms with Crippen molar-refractivity contribution in [2.75, 3.05) is 5.32 Å². The van der Waals surface area contributed by atoms with E-state index in [1.54, 1.807) is 42.5 Å². The molecule has 6 nitrogen and oxygen atoms in total. The van der Waals surface area contributed by atoms with Gasteiger partial charge in [-0.3, -0.25) is 4.99 Å². The summed E-state index contributed by atoms with van der Waals surface area (Å²) < 4.78 is 0. The molecular formula is C16H15ClK2N2O4. The van der Waals surface area contributed by atoms with Gasteiger partial charge in [-0.2, -0.15) is 0 Å². The molecular weight excluding hydrogens is 398 g/mol. The molecule has 1 heterocycles. The number of carbonyl (C=O) groups is 1. The Balaban J connectivity index is 0.00000156. The fraction of sp³-hybridized carbons (Fsp3) is 0.125. The number of fused-ring (bicyclic) bond motifs is 1. The van der Waals surface area contributed by atoms with Crippen molar-refractivity contribution in [2.45, 2.75) is 12.0 Å². The zero-order chi connectivity index (χ0) is 16.6. The summed E-state index contributed by atoms with van der Waals surface area (Å²) in [5.41, 5.74) is 1.76. The molecule has 1 aliphatic heterocycles. The second-order valence-corrected chi connectivity index (χ2v) is 5.56. The van der Waals surface area contributed by atoms with Crippen LogP contribution in [0.4, 0.5) is 5.69 Å². The molecule has 0 saturated carbocycles. The van der Waals surface area contributed by atoms with E-state index in [1.807, 2.05) is 6.07 Å². The van der Waals surface area contributed by atoms with Crippen LogP contribution in [0.3, 0.4) is 0 Å². The van der Waals surface area contributed by atoms with Crippen LogP contribution >= 0.6 is 11.6 Å². The number of halogens is 1. The topological polar surface area (TPSA) is 102 Å². The molecule has 1 atom stereocenters. The molecule has 0 radical (unpaired) electrons. The fourth-order valence-electron chi connectivity index (χ4n) is 2.43. The van der Waals surface area contributed by atoms with Crippen molar-refractivity contribution in [1.82, 2.24) is 0 Å². The van der Waals surface area contributed by atoms with E-state index in [4.69, 9.17) is 11.6 Å². The Bertz CT molecular complexity index is 800. The third kappa shape index (κ3) is 5.44. The molecule has 3 rings (SSSR count). The summed E-state index contributed by atoms with van der Waals surface area (Å²) in [4.78, 5) is 15.5. The molecule has 9 heteroatoms. The van der Waals surface area contributed by atoms with E-state index in [9.17, 15) is 20.1 Å². The molecule has 2 aromatic carbocycles. The van der Waals surface area contributed by atoms with Crippen LogP contribution in [0.25, 0.3) is 0 Å². The zero-order valence-corrected chi connectivity index (χ0v) is 12.5. The van der Waals surface area contributed by atoms with Gasteiger partial charge in [0.15, 0.2) is 0 Å². The minimum atomic E-state index is -2.73. The monoisotopic (exact) mass is 412 g/mol. The zero-order valence-electron chi connectivity index (χ0n) is 11.8. The first-order valence-corrected chi connectivity index (χ1v) is 7.15. The number of nitrogens with one attached hydrogen (secondary N) is 1. The summed E-state index contributed by atoms with van der Waals surface area (Å²) in [6.45, 7) is 0. The van der Waals surface area contributed by atoms with Gasteiger partial charge in [-0.05, 0) is 18.2 Å². The summed E-state index contributed by atoms with van der Waals surface area (Å²) in [6.07, 6.45) is 0. The fourth-order valence-corrected chi connectivity index (χ4v) is 2.60. The van der Waals surface area contributed by atoms with Crippen LogP contribution in [0, 0.1) is 0 Å². The predicted molar refractivity (Wildman–Crippen MR) is 100 cm³/mol. The summed E-state index contributed by atoms with van der Waals surface area (Å²) in [7, 11) is 0. The second kappa shape index (κ2) is 9.88. The number of hydrogen-bond donors (Lipinski definition) is 4. The number of rotatable bonds is 2. The molecule has 0 spiro atoms. The van der Waals surface area contributed by atoms with Gasteiger partial charge in [-0.15, -0.1) is 0 Å². The maximum absolute atomic E-state index is 11.4. The number of aliphatic imine (C=N–C) groups is 1. The van der Waals surface area contributed by atoms with Gasteiger partial charge in [0, 0.05) is 21.8 Å². The quantitative estimate of drug-likeness (QED) is 0.422. The Hall–Kier alpha value is 0.863. The molecule has 0 saturated heterocycles. The normalized spacial score (nSPS) is 17.6. The van der Waals surface area contributed by atoms with Gasteiger partial charge in [0.05, 0.1) is 5.71 Å². The van der Waals surface area contributed by atoms with Gasteiger partial charge in [0.2, 0.25) is 6.04 Å². The van der Waals surface area contributed by atoms with Crippen LogP contribution in [0.2, 0.25) is 5.02 Å². The number of carboxylic acids is 1. The molecule has 25 heavy (non-hydrogen) atoms. The summed E-state index contributed by atoms with van der Waals surface area (Å²) in [5.74, 6) is -4.19. The van der Waals surface area contributed by atoms with Crippen LogP contribution in [-0.2, 0) is 4.79 Å². The third-order valence-electron chi connectivity index (χ3n) is 3.48. The first kappa shape index (κ1) is 23.9. The van der Waals surface area contributed by atoms with E-state index in [1.165, 1.54) is 0 Å². The average molecular weight is 413 g/mol. The Morgan fingerprint density at radius 2 is 1.76 bits per heavy atom. The van der Waals surface area contributed by atoms with Gasteiger partial charge >= 0.3 is 109 Å². The standard InChI is InChI=1S/C16H13ClN2O4.2K.2H/c17-10-6-7-12-11(8-10)13(9-4-2-1-3-5-9)18-14(15(20)21)16(22,23)19-12;;;;/h1-8,14,19,22-23H,(H,20,21);;;;. The van der Waals surface area contributed by atoms with Gasteiger partial charge in [-0.1, -0.05) is 41.9 Å². The van der Waals surface area contributed by atoms with Crippen molar-refractivity contribution >= 4 is 132 Å². The summed E-state index contributed by atoms with van der Waals surface area (Å²) in [6, 6.07) is 11.8. The van der Waals surface area contributed by atoms with Crippen LogP contribution in [0.1, 0.15) is 11.1 Å². The van der Waals surface area contributed by atoms with Crippen molar-refractivity contribution in [3.63, 3.8) is 0 Å². The molecule has 0 fully saturated rings. The Morgan fingerprint density at radius 3 is 2.36 bits per heavy atom. The molecule has 122 valence electrons. The molecule has 2 aromatic rings. The van der Waals surface area contributed by atoms with Gasteiger partial charge in [-0.25, -0.2) is 4.79 Å². The molecule has 4 N–H and O–H groups in total. The van der Waals surface area contributed by atoms with Gasteiger partial charge < -0.3 is 20.6 Å². The number of aliphatic hydroxyl groups is 2. The minimum absolute atomic E-state index is 0. The van der Waals surface area contributed by atoms with Crippen molar-refractivity contribution in [3.05, 3.63) is 64.7 Å². The molecule has 0 bridgehead atoms. The number of hydrogen-bond acceptors (Lipinski definition) is 5. The number of carboxylic acid groups (broad SMARTS) is 1. The molecule has 0 aliphatic carbocycles. The number of benzene rings is 2. The number of anilines is 1. The molecule has 1 aliphatic rings. The predicted octanol–water partition coefficient (Wildman–Crippen LogP) is 0.397. The van der Waals surface area contributed by atoms with Crippen LogP contribution < -0.4 is 5.32 Å². The van der Waals surface area contributed by atoms with E-state index in [0.29, 0.717) is 27.5 Å². The van der Waals surface area contributed by atoms with Gasteiger partial charge in [0.25, 0.3) is 5.91 Å². The van der Waals surface area contributed by atoms with Crippen molar-refractivity contribution in [2.24, 2.45) is 4.99 Å². The van der Waals surface area contributed by atoms with E-state index in [2.05, 4.69) is 10.3 Å². The van der Waals surface area contributed by atoms with E-state index < -0.39 is 17.9 Å². The van der Waals surface area contributed by atoms with Crippen LogP contribution in [0.15, 0.2) is 53.5 Å². The van der Waals surface area contributed by atoms with Crippen molar-refractivity contribution in [3.8, 4) is 0 Å². The SMILES string of the molecule is O=C(O)C1N=C(c2ccccc2)c2cc(Cl)ccc2NC1(O)O.[KH].[KH]. The van der Waals surface area contributed by atoms with Gasteiger partial charge in [0.1, 0.15) is 0 Å².